The fraction of sp³-hybridized carbons (Fsp3) is 0.588. The number of carbonyl (C=O) groups is 1. The normalized spacial score (nSPS) is 22.5. The summed E-state index contributed by atoms with van der Waals surface area (Å²) in [5.74, 6) is 0.487. The zero-order valence-corrected chi connectivity index (χ0v) is 13.2. The lowest BCUT2D eigenvalue weighted by molar-refractivity contribution is -0.123. The second-order valence-corrected chi connectivity index (χ2v) is 6.22. The van der Waals surface area contributed by atoms with Crippen molar-refractivity contribution in [1.29, 1.82) is 0 Å². The quantitative estimate of drug-likeness (QED) is 0.838. The fourth-order valence-corrected chi connectivity index (χ4v) is 2.99. The van der Waals surface area contributed by atoms with Crippen LogP contribution < -0.4 is 11.1 Å². The molecule has 0 aliphatic carbocycles. The van der Waals surface area contributed by atoms with Crippen molar-refractivity contribution in [2.75, 3.05) is 26.2 Å². The summed E-state index contributed by atoms with van der Waals surface area (Å²) < 4.78 is 12.8. The number of hydrogen-bond acceptors (Lipinski definition) is 3. The van der Waals surface area contributed by atoms with Crippen LogP contribution in [0.4, 0.5) is 4.39 Å². The van der Waals surface area contributed by atoms with E-state index >= 15 is 0 Å². The van der Waals surface area contributed by atoms with Gasteiger partial charge in [0.15, 0.2) is 0 Å². The Hall–Kier alpha value is -1.46. The maximum Gasteiger partial charge on any atom is 0.234 e. The Balaban J connectivity index is 1.72. The minimum Gasteiger partial charge on any atom is -0.355 e. The maximum atomic E-state index is 12.8. The van der Waals surface area contributed by atoms with Crippen molar-refractivity contribution in [3.63, 3.8) is 0 Å². The average Bonchev–Trinajstić information content (AvgIpc) is 2.51. The van der Waals surface area contributed by atoms with Crippen molar-refractivity contribution < 1.29 is 9.18 Å². The molecule has 1 aromatic rings. The van der Waals surface area contributed by atoms with Gasteiger partial charge in [-0.2, -0.15) is 0 Å². The molecule has 1 saturated heterocycles. The summed E-state index contributed by atoms with van der Waals surface area (Å²) in [5.41, 5.74) is 6.84. The van der Waals surface area contributed by atoms with Crippen LogP contribution >= 0.6 is 0 Å². The predicted octanol–water partition coefficient (Wildman–Crippen LogP) is 1.54. The smallest absolute Gasteiger partial charge is 0.234 e. The molecule has 22 heavy (non-hydrogen) atoms. The van der Waals surface area contributed by atoms with E-state index in [1.807, 2.05) is 0 Å². The van der Waals surface area contributed by atoms with E-state index < -0.39 is 0 Å². The number of halogens is 1. The van der Waals surface area contributed by atoms with Crippen LogP contribution in [0.1, 0.15) is 25.3 Å². The Morgan fingerprint density at radius 1 is 1.41 bits per heavy atom. The molecule has 1 aliphatic rings. The molecule has 0 bridgehead atoms. The number of likely N-dealkylation sites (tertiary alicyclic amines) is 1. The van der Waals surface area contributed by atoms with Gasteiger partial charge in [0, 0.05) is 19.1 Å². The number of carbonyl (C=O) groups excluding carboxylic acids is 1. The highest BCUT2D eigenvalue weighted by Gasteiger charge is 2.26. The molecule has 1 aliphatic heterocycles. The Labute approximate surface area is 131 Å². The van der Waals surface area contributed by atoms with E-state index in [9.17, 15) is 9.18 Å². The highest BCUT2D eigenvalue weighted by Crippen LogP contribution is 2.21. The standard InChI is InChI=1S/C17H26FN3O/c1-13-7-9-21(16(10-13)11-19)12-17(22)20-8-6-14-2-4-15(18)5-3-14/h2-5,13,16H,6-12,19H2,1H3,(H,20,22). The van der Waals surface area contributed by atoms with Crippen LogP contribution in [0.15, 0.2) is 24.3 Å². The van der Waals surface area contributed by atoms with E-state index in [-0.39, 0.29) is 11.7 Å². The van der Waals surface area contributed by atoms with Crippen LogP contribution in [-0.2, 0) is 11.2 Å². The predicted molar refractivity (Wildman–Crippen MR) is 85.9 cm³/mol. The van der Waals surface area contributed by atoms with E-state index in [1.54, 1.807) is 12.1 Å². The number of benzene rings is 1. The number of nitrogens with one attached hydrogen (secondary N) is 1. The summed E-state index contributed by atoms with van der Waals surface area (Å²) in [6, 6.07) is 6.69. The molecule has 0 radical (unpaired) electrons. The topological polar surface area (TPSA) is 58.4 Å². The summed E-state index contributed by atoms with van der Waals surface area (Å²) in [6.07, 6.45) is 2.90. The van der Waals surface area contributed by atoms with Crippen molar-refractivity contribution in [1.82, 2.24) is 10.2 Å². The molecule has 2 rings (SSSR count). The zero-order chi connectivity index (χ0) is 15.9. The van der Waals surface area contributed by atoms with E-state index in [0.29, 0.717) is 38.0 Å². The third-order valence-corrected chi connectivity index (χ3v) is 4.37. The van der Waals surface area contributed by atoms with Crippen molar-refractivity contribution in [2.24, 2.45) is 11.7 Å². The van der Waals surface area contributed by atoms with Gasteiger partial charge in [-0.25, -0.2) is 4.39 Å². The van der Waals surface area contributed by atoms with Crippen molar-refractivity contribution in [3.8, 4) is 0 Å². The van der Waals surface area contributed by atoms with Gasteiger partial charge in [-0.15, -0.1) is 0 Å². The lowest BCUT2D eigenvalue weighted by Gasteiger charge is -2.37. The van der Waals surface area contributed by atoms with Crippen LogP contribution in [0.3, 0.4) is 0 Å². The van der Waals surface area contributed by atoms with Crippen LogP contribution in [-0.4, -0.2) is 43.0 Å². The molecule has 0 spiro atoms. The molecule has 2 unspecified atom stereocenters. The largest absolute Gasteiger partial charge is 0.355 e. The van der Waals surface area contributed by atoms with Crippen LogP contribution in [0.5, 0.6) is 0 Å². The van der Waals surface area contributed by atoms with Crippen molar-refractivity contribution in [3.05, 3.63) is 35.6 Å². The van der Waals surface area contributed by atoms with Gasteiger partial charge in [0.1, 0.15) is 5.82 Å². The van der Waals surface area contributed by atoms with Gasteiger partial charge in [0.05, 0.1) is 6.54 Å². The molecule has 0 aromatic heterocycles. The number of amides is 1. The SMILES string of the molecule is CC1CCN(CC(=O)NCCc2ccc(F)cc2)C(CN)C1. The van der Waals surface area contributed by atoms with Gasteiger partial charge < -0.3 is 11.1 Å². The Morgan fingerprint density at radius 2 is 2.14 bits per heavy atom. The molecule has 2 atom stereocenters. The summed E-state index contributed by atoms with van der Waals surface area (Å²) in [5, 5.41) is 2.93. The highest BCUT2D eigenvalue weighted by atomic mass is 19.1. The highest BCUT2D eigenvalue weighted by molar-refractivity contribution is 5.78. The summed E-state index contributed by atoms with van der Waals surface area (Å²) in [4.78, 5) is 14.2. The minimum atomic E-state index is -0.236. The third-order valence-electron chi connectivity index (χ3n) is 4.37. The third kappa shape index (κ3) is 5.07. The van der Waals surface area contributed by atoms with E-state index in [4.69, 9.17) is 5.73 Å². The van der Waals surface area contributed by atoms with Gasteiger partial charge in [0.25, 0.3) is 0 Å². The molecular weight excluding hydrogens is 281 g/mol. The Morgan fingerprint density at radius 3 is 2.82 bits per heavy atom. The monoisotopic (exact) mass is 307 g/mol. The first kappa shape index (κ1) is 16.9. The second kappa shape index (κ2) is 8.25. The minimum absolute atomic E-state index is 0.0371. The first-order valence-electron chi connectivity index (χ1n) is 8.03. The number of nitrogens with zero attached hydrogens (tertiary/aromatic N) is 1. The lowest BCUT2D eigenvalue weighted by Crippen LogP contribution is -2.50. The van der Waals surface area contributed by atoms with Gasteiger partial charge in [-0.1, -0.05) is 19.1 Å². The average molecular weight is 307 g/mol. The van der Waals surface area contributed by atoms with E-state index in [1.165, 1.54) is 12.1 Å². The second-order valence-electron chi connectivity index (χ2n) is 6.22. The summed E-state index contributed by atoms with van der Waals surface area (Å²) >= 11 is 0. The fourth-order valence-electron chi connectivity index (χ4n) is 2.99. The molecule has 0 saturated carbocycles. The molecule has 1 aromatic carbocycles. The maximum absolute atomic E-state index is 12.8. The van der Waals surface area contributed by atoms with E-state index in [0.717, 1.165) is 24.9 Å². The lowest BCUT2D eigenvalue weighted by atomic mass is 9.92. The number of nitrogens with two attached hydrogens (primary N) is 1. The number of hydrogen-bond donors (Lipinski definition) is 2. The molecule has 122 valence electrons. The molecule has 1 heterocycles. The number of rotatable bonds is 6. The zero-order valence-electron chi connectivity index (χ0n) is 13.2. The first-order chi connectivity index (χ1) is 10.6. The molecular formula is C17H26FN3O. The van der Waals surface area contributed by atoms with Gasteiger partial charge >= 0.3 is 0 Å². The number of piperidine rings is 1. The Kier molecular flexibility index (Phi) is 6.34. The van der Waals surface area contributed by atoms with Crippen LogP contribution in [0.25, 0.3) is 0 Å². The summed E-state index contributed by atoms with van der Waals surface area (Å²) in [7, 11) is 0. The van der Waals surface area contributed by atoms with Gasteiger partial charge in [-0.3, -0.25) is 9.69 Å². The molecule has 1 fully saturated rings. The van der Waals surface area contributed by atoms with Crippen molar-refractivity contribution >= 4 is 5.91 Å². The summed E-state index contributed by atoms with van der Waals surface area (Å²) in [6.45, 7) is 4.77. The van der Waals surface area contributed by atoms with Gasteiger partial charge in [0.2, 0.25) is 5.91 Å². The van der Waals surface area contributed by atoms with Crippen LogP contribution in [0, 0.1) is 11.7 Å². The van der Waals surface area contributed by atoms with E-state index in [2.05, 4.69) is 17.1 Å². The Bertz CT molecular complexity index is 477. The van der Waals surface area contributed by atoms with Gasteiger partial charge in [-0.05, 0) is 49.4 Å². The first-order valence-corrected chi connectivity index (χ1v) is 8.03. The molecule has 5 heteroatoms. The molecule has 3 N–H and O–H groups in total. The van der Waals surface area contributed by atoms with Crippen molar-refractivity contribution in [2.45, 2.75) is 32.2 Å². The molecule has 4 nitrogen and oxygen atoms in total. The molecule has 1 amide bonds. The van der Waals surface area contributed by atoms with Crippen LogP contribution in [0.2, 0.25) is 0 Å².